The van der Waals surface area contributed by atoms with Crippen LogP contribution in [0.3, 0.4) is 0 Å². The molecule has 0 fully saturated rings. The fourth-order valence-corrected chi connectivity index (χ4v) is 2.98. The van der Waals surface area contributed by atoms with Crippen LogP contribution in [0.15, 0.2) is 65.8 Å². The Morgan fingerprint density at radius 2 is 1.93 bits per heavy atom. The molecule has 4 aromatic rings. The van der Waals surface area contributed by atoms with Crippen LogP contribution in [0.2, 0.25) is 0 Å². The molecule has 4 rings (SSSR count). The molecule has 0 atom stereocenters. The third-order valence-corrected chi connectivity index (χ3v) is 4.24. The number of amides is 1. The number of benzene rings is 3. The van der Waals surface area contributed by atoms with Gasteiger partial charge in [0.15, 0.2) is 0 Å². The molecule has 29 heavy (non-hydrogen) atoms. The van der Waals surface area contributed by atoms with Gasteiger partial charge in [0.1, 0.15) is 17.8 Å². The number of hydrogen-bond donors (Lipinski definition) is 1. The molecule has 7 nitrogen and oxygen atoms in total. The highest BCUT2D eigenvalue weighted by molar-refractivity contribution is 6.02. The zero-order valence-corrected chi connectivity index (χ0v) is 15.0. The normalized spacial score (nSPS) is 11.6. The van der Waals surface area contributed by atoms with Gasteiger partial charge in [-0.2, -0.15) is 13.9 Å². The number of hydrazone groups is 1. The van der Waals surface area contributed by atoms with Gasteiger partial charge in [-0.25, -0.2) is 10.1 Å². The van der Waals surface area contributed by atoms with Crippen LogP contribution in [0, 0.1) is 0 Å². The Morgan fingerprint density at radius 3 is 2.79 bits per heavy atom. The van der Waals surface area contributed by atoms with Crippen LogP contribution < -0.4 is 10.2 Å². The van der Waals surface area contributed by atoms with Crippen molar-refractivity contribution in [1.82, 2.24) is 20.4 Å². The van der Waals surface area contributed by atoms with Gasteiger partial charge in [0.05, 0.1) is 11.7 Å². The van der Waals surface area contributed by atoms with E-state index in [0.29, 0.717) is 22.0 Å². The van der Waals surface area contributed by atoms with Crippen molar-refractivity contribution in [3.63, 3.8) is 0 Å². The molecule has 3 aromatic carbocycles. The van der Waals surface area contributed by atoms with Gasteiger partial charge < -0.3 is 4.74 Å². The molecule has 9 heteroatoms. The summed E-state index contributed by atoms with van der Waals surface area (Å²) < 4.78 is 31.5. The second-order valence-corrected chi connectivity index (χ2v) is 6.11. The first kappa shape index (κ1) is 18.5. The van der Waals surface area contributed by atoms with Crippen LogP contribution in [-0.4, -0.2) is 33.7 Å². The van der Waals surface area contributed by atoms with E-state index in [1.54, 1.807) is 30.3 Å². The maximum atomic E-state index is 12.7. The van der Waals surface area contributed by atoms with E-state index in [1.807, 2.05) is 24.3 Å². The summed E-state index contributed by atoms with van der Waals surface area (Å²) in [5, 5.41) is 13.3. The first-order valence-corrected chi connectivity index (χ1v) is 8.68. The van der Waals surface area contributed by atoms with E-state index >= 15 is 0 Å². The van der Waals surface area contributed by atoms with E-state index in [9.17, 15) is 13.6 Å². The smallest absolute Gasteiger partial charge is 0.387 e. The summed E-state index contributed by atoms with van der Waals surface area (Å²) in [4.78, 5) is 12.2. The highest BCUT2D eigenvalue weighted by Gasteiger charge is 2.12. The lowest BCUT2D eigenvalue weighted by Gasteiger charge is -2.10. The first-order valence-electron chi connectivity index (χ1n) is 8.68. The minimum atomic E-state index is -2.97. The van der Waals surface area contributed by atoms with Crippen LogP contribution in [0.25, 0.3) is 21.8 Å². The van der Waals surface area contributed by atoms with E-state index in [-0.39, 0.29) is 12.3 Å². The molecule has 1 amide bonds. The molecule has 0 aliphatic rings. The molecule has 1 aromatic heterocycles. The Labute approximate surface area is 163 Å². The summed E-state index contributed by atoms with van der Waals surface area (Å²) in [6.07, 6.45) is 1.29. The Kier molecular flexibility index (Phi) is 5.10. The molecule has 1 N–H and O–H groups in total. The fourth-order valence-electron chi connectivity index (χ4n) is 2.98. The number of hydrogen-bond acceptors (Lipinski definition) is 5. The lowest BCUT2D eigenvalue weighted by Crippen LogP contribution is -2.23. The van der Waals surface area contributed by atoms with Crippen molar-refractivity contribution in [3.05, 3.63) is 66.2 Å². The number of alkyl halides is 2. The second kappa shape index (κ2) is 8.01. The number of fused-ring (bicyclic) bond motifs is 2. The number of rotatable bonds is 6. The van der Waals surface area contributed by atoms with Crippen molar-refractivity contribution >= 4 is 33.9 Å². The fraction of sp³-hybridized carbons (Fsp3) is 0.100. The molecule has 146 valence electrons. The summed E-state index contributed by atoms with van der Waals surface area (Å²) in [6.45, 7) is -3.06. The number of para-hydroxylation sites is 1. The molecule has 0 unspecified atom stereocenters. The van der Waals surface area contributed by atoms with Gasteiger partial charge in [-0.3, -0.25) is 4.79 Å². The summed E-state index contributed by atoms with van der Waals surface area (Å²) in [6, 6.07) is 17.6. The number of nitrogens with zero attached hydrogens (tertiary/aromatic N) is 4. The topological polar surface area (TPSA) is 81.4 Å². The minimum Gasteiger partial charge on any atom is -0.434 e. The Hall–Kier alpha value is -3.88. The number of nitrogens with one attached hydrogen (secondary N) is 1. The van der Waals surface area contributed by atoms with Crippen molar-refractivity contribution in [1.29, 1.82) is 0 Å². The number of carbonyl (C=O) groups is 1. The van der Waals surface area contributed by atoms with Gasteiger partial charge in [-0.1, -0.05) is 47.7 Å². The zero-order chi connectivity index (χ0) is 20.2. The quantitative estimate of drug-likeness (QED) is 0.401. The third kappa shape index (κ3) is 4.03. The van der Waals surface area contributed by atoms with Crippen molar-refractivity contribution in [2.75, 3.05) is 0 Å². The summed E-state index contributed by atoms with van der Waals surface area (Å²) >= 11 is 0. The maximum absolute atomic E-state index is 12.7. The molecule has 0 spiro atoms. The average molecular weight is 395 g/mol. The van der Waals surface area contributed by atoms with Crippen LogP contribution in [0.1, 0.15) is 5.56 Å². The third-order valence-electron chi connectivity index (χ3n) is 4.24. The molecular formula is C20H15F2N5O2. The molecule has 0 saturated carbocycles. The minimum absolute atomic E-state index is 0.0287. The van der Waals surface area contributed by atoms with Gasteiger partial charge in [-0.15, -0.1) is 5.10 Å². The van der Waals surface area contributed by atoms with Gasteiger partial charge in [0, 0.05) is 5.56 Å². The predicted molar refractivity (Wildman–Crippen MR) is 104 cm³/mol. The van der Waals surface area contributed by atoms with Crippen molar-refractivity contribution in [2.24, 2.45) is 5.10 Å². The standard InChI is InChI=1S/C20H15F2N5O2/c21-20(22)29-18-10-9-13-5-1-2-6-14(13)15(18)11-23-25-19(28)12-27-17-8-4-3-7-16(17)24-26-27/h1-11,20H,12H2,(H,25,28)/b23-11-. The number of ether oxygens (including phenoxy) is 1. The monoisotopic (exact) mass is 395 g/mol. The van der Waals surface area contributed by atoms with E-state index < -0.39 is 12.5 Å². The van der Waals surface area contributed by atoms with Gasteiger partial charge in [-0.05, 0) is 29.0 Å². The molecule has 0 saturated heterocycles. The molecular weight excluding hydrogens is 380 g/mol. The number of aromatic nitrogens is 3. The van der Waals surface area contributed by atoms with Crippen molar-refractivity contribution in [2.45, 2.75) is 13.2 Å². The summed E-state index contributed by atoms with van der Waals surface area (Å²) in [5.41, 5.74) is 4.11. The summed E-state index contributed by atoms with van der Waals surface area (Å²) in [5.74, 6) is -0.465. The molecule has 1 heterocycles. The zero-order valence-electron chi connectivity index (χ0n) is 15.0. The van der Waals surface area contributed by atoms with E-state index in [2.05, 4.69) is 25.6 Å². The lowest BCUT2D eigenvalue weighted by atomic mass is 10.0. The summed E-state index contributed by atoms with van der Waals surface area (Å²) in [7, 11) is 0. The number of carbonyl (C=O) groups excluding carboxylic acids is 1. The SMILES string of the molecule is O=C(Cn1nnc2ccccc21)N/N=C\c1c(OC(F)F)ccc2ccccc12. The van der Waals surface area contributed by atoms with E-state index in [4.69, 9.17) is 0 Å². The molecule has 0 aliphatic heterocycles. The van der Waals surface area contributed by atoms with Gasteiger partial charge in [0.2, 0.25) is 0 Å². The van der Waals surface area contributed by atoms with Crippen LogP contribution in [-0.2, 0) is 11.3 Å². The molecule has 0 bridgehead atoms. The highest BCUT2D eigenvalue weighted by atomic mass is 19.3. The van der Waals surface area contributed by atoms with Crippen LogP contribution >= 0.6 is 0 Å². The highest BCUT2D eigenvalue weighted by Crippen LogP contribution is 2.27. The largest absolute Gasteiger partial charge is 0.434 e. The van der Waals surface area contributed by atoms with Gasteiger partial charge >= 0.3 is 6.61 Å². The van der Waals surface area contributed by atoms with E-state index in [0.717, 1.165) is 5.39 Å². The Bertz CT molecular complexity index is 1210. The van der Waals surface area contributed by atoms with Gasteiger partial charge in [0.25, 0.3) is 5.91 Å². The molecule has 0 radical (unpaired) electrons. The maximum Gasteiger partial charge on any atom is 0.387 e. The Balaban J connectivity index is 1.54. The predicted octanol–water partition coefficient (Wildman–Crippen LogP) is 3.34. The molecule has 0 aliphatic carbocycles. The van der Waals surface area contributed by atoms with Crippen molar-refractivity contribution in [3.8, 4) is 5.75 Å². The first-order chi connectivity index (χ1) is 14.1. The second-order valence-electron chi connectivity index (χ2n) is 6.11. The van der Waals surface area contributed by atoms with E-state index in [1.165, 1.54) is 17.0 Å². The van der Waals surface area contributed by atoms with Crippen molar-refractivity contribution < 1.29 is 18.3 Å². The average Bonchev–Trinajstić information content (AvgIpc) is 3.12. The van der Waals surface area contributed by atoms with Crippen LogP contribution in [0.4, 0.5) is 8.78 Å². The number of halogens is 2. The van der Waals surface area contributed by atoms with Crippen LogP contribution in [0.5, 0.6) is 5.75 Å². The lowest BCUT2D eigenvalue weighted by molar-refractivity contribution is -0.121. The Morgan fingerprint density at radius 1 is 1.14 bits per heavy atom.